The molecule has 0 atom stereocenters. The van der Waals surface area contributed by atoms with Crippen LogP contribution in [0, 0.1) is 13.8 Å². The maximum Gasteiger partial charge on any atom is 0.339 e. The summed E-state index contributed by atoms with van der Waals surface area (Å²) < 4.78 is 12.4. The monoisotopic (exact) mass is 434 g/mol. The van der Waals surface area contributed by atoms with Crippen molar-refractivity contribution in [2.75, 3.05) is 13.7 Å². The quantitative estimate of drug-likeness (QED) is 0.497. The second-order valence-electron chi connectivity index (χ2n) is 7.64. The molecule has 0 aliphatic rings. The minimum Gasteiger partial charge on any atom is -0.497 e. The minimum absolute atomic E-state index is 0.0542. The Labute approximate surface area is 189 Å². The van der Waals surface area contributed by atoms with E-state index in [0.717, 1.165) is 33.8 Å². The SMILES string of the molecule is CCOC(=O)c1cc(-c2ccc(C)cc2)n(CCC(=O)NCc2ccc(OC)cc2)c1C. The summed E-state index contributed by atoms with van der Waals surface area (Å²) in [7, 11) is 1.62. The van der Waals surface area contributed by atoms with Crippen molar-refractivity contribution >= 4 is 11.9 Å². The zero-order valence-corrected chi connectivity index (χ0v) is 19.1. The normalized spacial score (nSPS) is 10.6. The molecule has 0 unspecified atom stereocenters. The average Bonchev–Trinajstić information content (AvgIpc) is 3.13. The van der Waals surface area contributed by atoms with Crippen LogP contribution < -0.4 is 10.1 Å². The van der Waals surface area contributed by atoms with Crippen LogP contribution in [0.2, 0.25) is 0 Å². The molecule has 3 rings (SSSR count). The van der Waals surface area contributed by atoms with Crippen LogP contribution >= 0.6 is 0 Å². The van der Waals surface area contributed by atoms with Crippen molar-refractivity contribution in [3.63, 3.8) is 0 Å². The topological polar surface area (TPSA) is 69.6 Å². The van der Waals surface area contributed by atoms with E-state index in [4.69, 9.17) is 9.47 Å². The Bertz CT molecular complexity index is 1070. The lowest BCUT2D eigenvalue weighted by atomic mass is 10.1. The summed E-state index contributed by atoms with van der Waals surface area (Å²) in [4.78, 5) is 25.0. The van der Waals surface area contributed by atoms with Gasteiger partial charge in [-0.15, -0.1) is 0 Å². The number of rotatable bonds is 9. The zero-order valence-electron chi connectivity index (χ0n) is 19.1. The smallest absolute Gasteiger partial charge is 0.339 e. The molecule has 0 aliphatic heterocycles. The number of benzene rings is 2. The number of amides is 1. The molecule has 0 fully saturated rings. The van der Waals surface area contributed by atoms with Crippen molar-refractivity contribution < 1.29 is 19.1 Å². The second kappa shape index (κ2) is 10.7. The number of esters is 1. The van der Waals surface area contributed by atoms with Gasteiger partial charge in [-0.3, -0.25) is 4.79 Å². The molecule has 0 spiro atoms. The van der Waals surface area contributed by atoms with Crippen molar-refractivity contribution in [1.29, 1.82) is 0 Å². The number of nitrogens with one attached hydrogen (secondary N) is 1. The van der Waals surface area contributed by atoms with Crippen molar-refractivity contribution in [3.8, 4) is 17.0 Å². The number of carbonyl (C=O) groups is 2. The molecule has 0 aliphatic carbocycles. The fraction of sp³-hybridized carbons (Fsp3) is 0.308. The van der Waals surface area contributed by atoms with Crippen LogP contribution in [0.3, 0.4) is 0 Å². The Balaban J connectivity index is 1.74. The number of aryl methyl sites for hydroxylation is 1. The summed E-state index contributed by atoms with van der Waals surface area (Å²) in [5.41, 5.74) is 5.37. The standard InChI is InChI=1S/C26H30N2O4/c1-5-32-26(30)23-16-24(21-10-6-18(2)7-11-21)28(19(23)3)15-14-25(29)27-17-20-8-12-22(31-4)13-9-20/h6-13,16H,5,14-15,17H2,1-4H3,(H,27,29). The van der Waals surface area contributed by atoms with Gasteiger partial charge in [-0.05, 0) is 50.1 Å². The highest BCUT2D eigenvalue weighted by Crippen LogP contribution is 2.27. The molecule has 168 valence electrons. The third-order valence-electron chi connectivity index (χ3n) is 5.42. The Morgan fingerprint density at radius 3 is 2.31 bits per heavy atom. The predicted octanol–water partition coefficient (Wildman–Crippen LogP) is 4.66. The van der Waals surface area contributed by atoms with Crippen molar-refractivity contribution in [2.45, 2.75) is 40.3 Å². The van der Waals surface area contributed by atoms with Crippen LogP contribution in [0.5, 0.6) is 5.75 Å². The largest absolute Gasteiger partial charge is 0.497 e. The molecule has 0 radical (unpaired) electrons. The van der Waals surface area contributed by atoms with Gasteiger partial charge in [-0.2, -0.15) is 0 Å². The number of nitrogens with zero attached hydrogens (tertiary/aromatic N) is 1. The Morgan fingerprint density at radius 1 is 1.00 bits per heavy atom. The van der Waals surface area contributed by atoms with E-state index >= 15 is 0 Å². The summed E-state index contributed by atoms with van der Waals surface area (Å²) >= 11 is 0. The van der Waals surface area contributed by atoms with E-state index in [2.05, 4.69) is 5.32 Å². The molecule has 32 heavy (non-hydrogen) atoms. The Morgan fingerprint density at radius 2 is 1.69 bits per heavy atom. The van der Waals surface area contributed by atoms with E-state index in [1.54, 1.807) is 14.0 Å². The summed E-state index contributed by atoms with van der Waals surface area (Å²) in [5, 5.41) is 2.96. The van der Waals surface area contributed by atoms with E-state index in [1.807, 2.05) is 73.0 Å². The summed E-state index contributed by atoms with van der Waals surface area (Å²) in [5.74, 6) is 0.381. The molecule has 1 heterocycles. The van der Waals surface area contributed by atoms with Crippen LogP contribution in [0.1, 0.15) is 40.5 Å². The van der Waals surface area contributed by atoms with Gasteiger partial charge in [0.05, 0.1) is 19.3 Å². The number of hydrogen-bond acceptors (Lipinski definition) is 4. The summed E-state index contributed by atoms with van der Waals surface area (Å²) in [6.07, 6.45) is 0.298. The molecule has 6 nitrogen and oxygen atoms in total. The maximum atomic E-state index is 12.5. The number of aromatic nitrogens is 1. The molecule has 3 aromatic rings. The molecule has 1 aromatic heterocycles. The van der Waals surface area contributed by atoms with E-state index in [9.17, 15) is 9.59 Å². The van der Waals surface area contributed by atoms with E-state index in [1.165, 1.54) is 0 Å². The van der Waals surface area contributed by atoms with Crippen molar-refractivity contribution in [1.82, 2.24) is 9.88 Å². The number of carbonyl (C=O) groups excluding carboxylic acids is 2. The van der Waals surface area contributed by atoms with Gasteiger partial charge in [0, 0.05) is 30.9 Å². The number of ether oxygens (including phenoxy) is 2. The van der Waals surface area contributed by atoms with E-state index in [0.29, 0.717) is 31.7 Å². The molecule has 0 bridgehead atoms. The van der Waals surface area contributed by atoms with Gasteiger partial charge in [-0.25, -0.2) is 4.79 Å². The zero-order chi connectivity index (χ0) is 23.1. The number of methoxy groups -OCH3 is 1. The highest BCUT2D eigenvalue weighted by molar-refractivity contribution is 5.92. The van der Waals surface area contributed by atoms with Crippen LogP contribution in [-0.2, 0) is 22.6 Å². The van der Waals surface area contributed by atoms with Crippen LogP contribution in [0.4, 0.5) is 0 Å². The van der Waals surface area contributed by atoms with Crippen LogP contribution in [-0.4, -0.2) is 30.2 Å². The first-order valence-electron chi connectivity index (χ1n) is 10.8. The third-order valence-corrected chi connectivity index (χ3v) is 5.42. The molecule has 2 aromatic carbocycles. The van der Waals surface area contributed by atoms with Crippen LogP contribution in [0.15, 0.2) is 54.6 Å². The molecular weight excluding hydrogens is 404 g/mol. The first-order chi connectivity index (χ1) is 15.4. The van der Waals surface area contributed by atoms with Gasteiger partial charge in [0.15, 0.2) is 0 Å². The molecular formula is C26H30N2O4. The first-order valence-corrected chi connectivity index (χ1v) is 10.8. The predicted molar refractivity (Wildman–Crippen MR) is 125 cm³/mol. The second-order valence-corrected chi connectivity index (χ2v) is 7.64. The highest BCUT2D eigenvalue weighted by atomic mass is 16.5. The highest BCUT2D eigenvalue weighted by Gasteiger charge is 2.20. The van der Waals surface area contributed by atoms with Crippen LogP contribution in [0.25, 0.3) is 11.3 Å². The van der Waals surface area contributed by atoms with Gasteiger partial charge < -0.3 is 19.4 Å². The van der Waals surface area contributed by atoms with Crippen molar-refractivity contribution in [3.05, 3.63) is 77.0 Å². The Hall–Kier alpha value is -3.54. The molecule has 1 amide bonds. The summed E-state index contributed by atoms with van der Waals surface area (Å²) in [6, 6.07) is 17.6. The molecule has 1 N–H and O–H groups in total. The lowest BCUT2D eigenvalue weighted by Crippen LogP contribution is -2.24. The molecule has 0 saturated heterocycles. The maximum absolute atomic E-state index is 12.5. The van der Waals surface area contributed by atoms with Gasteiger partial charge >= 0.3 is 5.97 Å². The van der Waals surface area contributed by atoms with Crippen molar-refractivity contribution in [2.24, 2.45) is 0 Å². The minimum atomic E-state index is -0.346. The van der Waals surface area contributed by atoms with Gasteiger partial charge in [0.25, 0.3) is 0 Å². The van der Waals surface area contributed by atoms with Gasteiger partial charge in [-0.1, -0.05) is 42.0 Å². The third kappa shape index (κ3) is 5.58. The summed E-state index contributed by atoms with van der Waals surface area (Å²) in [6.45, 7) is 6.94. The van der Waals surface area contributed by atoms with Gasteiger partial charge in [0.2, 0.25) is 5.91 Å². The van der Waals surface area contributed by atoms with E-state index in [-0.39, 0.29) is 11.9 Å². The molecule has 0 saturated carbocycles. The lowest BCUT2D eigenvalue weighted by Gasteiger charge is -2.13. The average molecular weight is 435 g/mol. The Kier molecular flexibility index (Phi) is 7.71. The molecule has 6 heteroatoms. The lowest BCUT2D eigenvalue weighted by molar-refractivity contribution is -0.121. The fourth-order valence-corrected chi connectivity index (χ4v) is 3.56. The first kappa shape index (κ1) is 23.1. The van der Waals surface area contributed by atoms with Gasteiger partial charge in [0.1, 0.15) is 5.75 Å². The van der Waals surface area contributed by atoms with E-state index < -0.39 is 0 Å². The fourth-order valence-electron chi connectivity index (χ4n) is 3.56. The number of hydrogen-bond donors (Lipinski definition) is 1.